The summed E-state index contributed by atoms with van der Waals surface area (Å²) in [6.07, 6.45) is 2.94. The van der Waals surface area contributed by atoms with E-state index in [0.717, 1.165) is 11.9 Å². The molecule has 0 saturated carbocycles. The molecule has 19 heavy (non-hydrogen) atoms. The second-order valence-electron chi connectivity index (χ2n) is 5.14. The summed E-state index contributed by atoms with van der Waals surface area (Å²) < 4.78 is 0. The summed E-state index contributed by atoms with van der Waals surface area (Å²) in [6.45, 7) is 4.31. The van der Waals surface area contributed by atoms with Gasteiger partial charge in [0.25, 0.3) is 0 Å². The third kappa shape index (κ3) is 2.50. The van der Waals surface area contributed by atoms with Gasteiger partial charge < -0.3 is 0 Å². The smallest absolute Gasteiger partial charge is 0.0702 e. The van der Waals surface area contributed by atoms with Crippen molar-refractivity contribution >= 4 is 10.9 Å². The molecule has 0 aliphatic carbocycles. The van der Waals surface area contributed by atoms with Gasteiger partial charge >= 0.3 is 0 Å². The molecule has 0 atom stereocenters. The second-order valence-corrected chi connectivity index (χ2v) is 5.14. The van der Waals surface area contributed by atoms with Gasteiger partial charge in [-0.3, -0.25) is 4.98 Å². The summed E-state index contributed by atoms with van der Waals surface area (Å²) in [5.41, 5.74) is 6.38. The molecule has 0 radical (unpaired) electrons. The average molecular weight is 247 g/mol. The maximum atomic E-state index is 4.52. The van der Waals surface area contributed by atoms with Gasteiger partial charge in [0.05, 0.1) is 5.52 Å². The van der Waals surface area contributed by atoms with Crippen LogP contribution in [-0.2, 0) is 6.42 Å². The van der Waals surface area contributed by atoms with E-state index in [1.807, 2.05) is 12.3 Å². The van der Waals surface area contributed by atoms with Gasteiger partial charge in [0.1, 0.15) is 0 Å². The number of fused-ring (bicyclic) bond motifs is 1. The fourth-order valence-electron chi connectivity index (χ4n) is 2.48. The molecule has 0 aliphatic rings. The maximum absolute atomic E-state index is 4.52. The summed E-state index contributed by atoms with van der Waals surface area (Å²) in [5.74, 6) is 0. The van der Waals surface area contributed by atoms with Crippen molar-refractivity contribution in [3.63, 3.8) is 0 Å². The van der Waals surface area contributed by atoms with Gasteiger partial charge in [0, 0.05) is 11.6 Å². The highest BCUT2D eigenvalue weighted by Gasteiger charge is 2.02. The van der Waals surface area contributed by atoms with Gasteiger partial charge in [-0.25, -0.2) is 0 Å². The first kappa shape index (κ1) is 11.9. The molecule has 0 saturated heterocycles. The van der Waals surface area contributed by atoms with Crippen LogP contribution < -0.4 is 0 Å². The Morgan fingerprint density at radius 1 is 0.947 bits per heavy atom. The molecular formula is C18H17N. The van der Waals surface area contributed by atoms with Crippen molar-refractivity contribution in [1.29, 1.82) is 0 Å². The van der Waals surface area contributed by atoms with E-state index in [2.05, 4.69) is 61.3 Å². The maximum Gasteiger partial charge on any atom is 0.0702 e. The van der Waals surface area contributed by atoms with E-state index in [1.165, 1.54) is 27.6 Å². The molecule has 0 fully saturated rings. The van der Waals surface area contributed by atoms with Gasteiger partial charge in [0.2, 0.25) is 0 Å². The van der Waals surface area contributed by atoms with Crippen molar-refractivity contribution in [2.24, 2.45) is 0 Å². The van der Waals surface area contributed by atoms with Crippen molar-refractivity contribution in [3.8, 4) is 0 Å². The molecule has 0 N–H and O–H groups in total. The molecule has 0 spiro atoms. The Bertz CT molecular complexity index is 729. The van der Waals surface area contributed by atoms with Gasteiger partial charge in [0.15, 0.2) is 0 Å². The van der Waals surface area contributed by atoms with E-state index in [9.17, 15) is 0 Å². The van der Waals surface area contributed by atoms with Gasteiger partial charge in [-0.15, -0.1) is 0 Å². The minimum absolute atomic E-state index is 0.948. The number of benzene rings is 2. The zero-order chi connectivity index (χ0) is 13.2. The summed E-state index contributed by atoms with van der Waals surface area (Å²) >= 11 is 0. The molecule has 3 rings (SSSR count). The standard InChI is InChI=1S/C18H17N/c1-13-7-8-16(14(2)9-13)10-15-11-17-5-3-4-6-18(17)19-12-15/h3-9,11-12H,10H2,1-2H3. The molecule has 0 unspecified atom stereocenters. The molecule has 0 aliphatic heterocycles. The normalized spacial score (nSPS) is 10.8. The largest absolute Gasteiger partial charge is 0.256 e. The number of aryl methyl sites for hydroxylation is 2. The second kappa shape index (κ2) is 4.85. The highest BCUT2D eigenvalue weighted by molar-refractivity contribution is 5.78. The van der Waals surface area contributed by atoms with Crippen LogP contribution in [0.2, 0.25) is 0 Å². The Hall–Kier alpha value is -2.15. The van der Waals surface area contributed by atoms with Crippen LogP contribution in [0, 0.1) is 13.8 Å². The topological polar surface area (TPSA) is 12.9 Å². The lowest BCUT2D eigenvalue weighted by Gasteiger charge is -2.07. The Kier molecular flexibility index (Phi) is 3.04. The molecule has 1 heteroatoms. The van der Waals surface area contributed by atoms with Crippen molar-refractivity contribution < 1.29 is 0 Å². The molecule has 1 nitrogen and oxygen atoms in total. The Morgan fingerprint density at radius 2 is 1.79 bits per heavy atom. The zero-order valence-electron chi connectivity index (χ0n) is 11.4. The van der Waals surface area contributed by atoms with Crippen LogP contribution in [0.1, 0.15) is 22.3 Å². The number of rotatable bonds is 2. The summed E-state index contributed by atoms with van der Waals surface area (Å²) in [6, 6.07) is 17.1. The van der Waals surface area contributed by atoms with Crippen LogP contribution in [0.5, 0.6) is 0 Å². The SMILES string of the molecule is Cc1ccc(Cc2cnc3ccccc3c2)c(C)c1. The predicted octanol–water partition coefficient (Wildman–Crippen LogP) is 4.44. The zero-order valence-corrected chi connectivity index (χ0v) is 11.4. The van der Waals surface area contributed by atoms with E-state index in [1.54, 1.807) is 0 Å². The van der Waals surface area contributed by atoms with Gasteiger partial charge in [-0.05, 0) is 49.1 Å². The van der Waals surface area contributed by atoms with E-state index in [4.69, 9.17) is 0 Å². The fraction of sp³-hybridized carbons (Fsp3) is 0.167. The lowest BCUT2D eigenvalue weighted by molar-refractivity contribution is 1.13. The predicted molar refractivity (Wildman–Crippen MR) is 80.5 cm³/mol. The molecule has 94 valence electrons. The summed E-state index contributed by atoms with van der Waals surface area (Å²) in [7, 11) is 0. The average Bonchev–Trinajstić information content (AvgIpc) is 2.42. The molecule has 1 aromatic heterocycles. The number of hydrogen-bond donors (Lipinski definition) is 0. The minimum atomic E-state index is 0.948. The molecule has 1 heterocycles. The molecule has 0 bridgehead atoms. The molecular weight excluding hydrogens is 230 g/mol. The number of hydrogen-bond acceptors (Lipinski definition) is 1. The third-order valence-corrected chi connectivity index (χ3v) is 3.54. The number of para-hydroxylation sites is 1. The van der Waals surface area contributed by atoms with Crippen LogP contribution in [0.15, 0.2) is 54.7 Å². The summed E-state index contributed by atoms with van der Waals surface area (Å²) in [4.78, 5) is 4.52. The van der Waals surface area contributed by atoms with Crippen molar-refractivity contribution in [2.75, 3.05) is 0 Å². The first-order chi connectivity index (χ1) is 9.22. The van der Waals surface area contributed by atoms with Crippen LogP contribution in [0.3, 0.4) is 0 Å². The Morgan fingerprint density at radius 3 is 2.63 bits per heavy atom. The van der Waals surface area contributed by atoms with Gasteiger partial charge in [-0.2, -0.15) is 0 Å². The highest BCUT2D eigenvalue weighted by Crippen LogP contribution is 2.18. The van der Waals surface area contributed by atoms with E-state index >= 15 is 0 Å². The van der Waals surface area contributed by atoms with E-state index in [0.29, 0.717) is 0 Å². The van der Waals surface area contributed by atoms with Crippen molar-refractivity contribution in [3.05, 3.63) is 77.0 Å². The van der Waals surface area contributed by atoms with Crippen LogP contribution in [0.4, 0.5) is 0 Å². The van der Waals surface area contributed by atoms with Crippen LogP contribution in [-0.4, -0.2) is 4.98 Å². The van der Waals surface area contributed by atoms with Crippen molar-refractivity contribution in [1.82, 2.24) is 4.98 Å². The Labute approximate surface area is 113 Å². The first-order valence-corrected chi connectivity index (χ1v) is 6.62. The quantitative estimate of drug-likeness (QED) is 0.652. The minimum Gasteiger partial charge on any atom is -0.256 e. The Balaban J connectivity index is 1.96. The lowest BCUT2D eigenvalue weighted by atomic mass is 9.99. The number of aromatic nitrogens is 1. The van der Waals surface area contributed by atoms with Crippen LogP contribution in [0.25, 0.3) is 10.9 Å². The molecule has 3 aromatic rings. The molecule has 0 amide bonds. The van der Waals surface area contributed by atoms with Crippen LogP contribution >= 0.6 is 0 Å². The fourth-order valence-corrected chi connectivity index (χ4v) is 2.48. The number of nitrogens with zero attached hydrogens (tertiary/aromatic N) is 1. The number of pyridine rings is 1. The molecule has 2 aromatic carbocycles. The van der Waals surface area contributed by atoms with E-state index < -0.39 is 0 Å². The van der Waals surface area contributed by atoms with E-state index in [-0.39, 0.29) is 0 Å². The van der Waals surface area contributed by atoms with Gasteiger partial charge in [-0.1, -0.05) is 42.0 Å². The first-order valence-electron chi connectivity index (χ1n) is 6.62. The van der Waals surface area contributed by atoms with Crippen molar-refractivity contribution in [2.45, 2.75) is 20.3 Å². The monoisotopic (exact) mass is 247 g/mol. The summed E-state index contributed by atoms with van der Waals surface area (Å²) in [5, 5.41) is 1.21. The highest BCUT2D eigenvalue weighted by atomic mass is 14.6. The third-order valence-electron chi connectivity index (χ3n) is 3.54. The lowest BCUT2D eigenvalue weighted by Crippen LogP contribution is -1.93.